The lowest BCUT2D eigenvalue weighted by Gasteiger charge is -2.22. The van der Waals surface area contributed by atoms with Gasteiger partial charge in [-0.1, -0.05) is 74.5 Å². The fourth-order valence-electron chi connectivity index (χ4n) is 3.49. The van der Waals surface area contributed by atoms with Gasteiger partial charge < -0.3 is 0 Å². The molecule has 0 saturated heterocycles. The molecule has 26 heavy (non-hydrogen) atoms. The van der Waals surface area contributed by atoms with Crippen molar-refractivity contribution in [3.05, 3.63) is 106 Å². The smallest absolute Gasteiger partial charge is 0.150 e. The number of benzene rings is 3. The van der Waals surface area contributed by atoms with E-state index in [1.807, 2.05) is 74.5 Å². The zero-order valence-corrected chi connectivity index (χ0v) is 14.7. The van der Waals surface area contributed by atoms with Crippen LogP contribution in [-0.2, 0) is 0 Å². The van der Waals surface area contributed by atoms with Crippen molar-refractivity contribution in [3.8, 4) is 0 Å². The molecule has 0 aliphatic heterocycles. The Morgan fingerprint density at radius 1 is 0.731 bits per heavy atom. The van der Waals surface area contributed by atoms with E-state index in [2.05, 4.69) is 0 Å². The van der Waals surface area contributed by atoms with Gasteiger partial charge in [0.25, 0.3) is 0 Å². The Bertz CT molecular complexity index is 835. The lowest BCUT2D eigenvalue weighted by molar-refractivity contribution is 0.112. The van der Waals surface area contributed by atoms with Gasteiger partial charge in [-0.05, 0) is 11.1 Å². The van der Waals surface area contributed by atoms with E-state index in [1.165, 1.54) is 0 Å². The number of hydrogen-bond donors (Lipinski definition) is 0. The monoisotopic (exact) mass is 350 g/mol. The maximum Gasteiger partial charge on any atom is 0.150 e. The summed E-state index contributed by atoms with van der Waals surface area (Å²) >= 11 is 0. The fraction of sp³-hybridized carbons (Fsp3) is 0.174. The van der Waals surface area contributed by atoms with E-state index in [-0.39, 0.29) is 28.5 Å². The number of aldehydes is 1. The summed E-state index contributed by atoms with van der Waals surface area (Å²) < 4.78 is 29.4. The van der Waals surface area contributed by atoms with Gasteiger partial charge in [0, 0.05) is 34.6 Å². The number of rotatable bonds is 5. The van der Waals surface area contributed by atoms with Crippen LogP contribution in [0.3, 0.4) is 0 Å². The van der Waals surface area contributed by atoms with E-state index in [9.17, 15) is 13.6 Å². The van der Waals surface area contributed by atoms with Crippen molar-refractivity contribution in [2.45, 2.75) is 25.7 Å². The van der Waals surface area contributed by atoms with Crippen molar-refractivity contribution in [1.29, 1.82) is 0 Å². The molecule has 0 aliphatic rings. The average Bonchev–Trinajstić information content (AvgIpc) is 2.67. The van der Waals surface area contributed by atoms with Crippen LogP contribution in [0.4, 0.5) is 8.78 Å². The summed E-state index contributed by atoms with van der Waals surface area (Å²) in [6.45, 7) is 3.66. The molecule has 0 spiro atoms. The molecular weight excluding hydrogens is 330 g/mol. The largest absolute Gasteiger partial charge is 0.298 e. The molecule has 1 nitrogen and oxygen atoms in total. The minimum absolute atomic E-state index is 0.107. The molecule has 0 saturated carbocycles. The second-order valence-electron chi connectivity index (χ2n) is 6.46. The van der Waals surface area contributed by atoms with Gasteiger partial charge in [0.15, 0.2) is 6.29 Å². The minimum atomic E-state index is -0.690. The highest BCUT2D eigenvalue weighted by atomic mass is 19.1. The summed E-state index contributed by atoms with van der Waals surface area (Å²) in [4.78, 5) is 11.9. The molecule has 0 aromatic heterocycles. The van der Waals surface area contributed by atoms with Crippen molar-refractivity contribution in [3.63, 3.8) is 0 Å². The van der Waals surface area contributed by atoms with Crippen LogP contribution in [0, 0.1) is 11.6 Å². The maximum absolute atomic E-state index is 14.7. The number of halogens is 2. The molecule has 2 atom stereocenters. The zero-order chi connectivity index (χ0) is 18.7. The fourth-order valence-corrected chi connectivity index (χ4v) is 3.49. The van der Waals surface area contributed by atoms with Crippen molar-refractivity contribution in [1.82, 2.24) is 0 Å². The van der Waals surface area contributed by atoms with E-state index >= 15 is 0 Å². The molecule has 0 aliphatic carbocycles. The van der Waals surface area contributed by atoms with E-state index in [4.69, 9.17) is 0 Å². The lowest BCUT2D eigenvalue weighted by Crippen LogP contribution is -2.12. The average molecular weight is 350 g/mol. The zero-order valence-electron chi connectivity index (χ0n) is 14.7. The van der Waals surface area contributed by atoms with Crippen LogP contribution in [0.15, 0.2) is 66.7 Å². The van der Waals surface area contributed by atoms with E-state index in [1.54, 1.807) is 0 Å². The number of hydrogen-bond acceptors (Lipinski definition) is 1. The van der Waals surface area contributed by atoms with Crippen LogP contribution >= 0.6 is 0 Å². The molecule has 0 amide bonds. The van der Waals surface area contributed by atoms with Gasteiger partial charge in [-0.2, -0.15) is 0 Å². The summed E-state index contributed by atoms with van der Waals surface area (Å²) in [5.74, 6) is -2.10. The van der Waals surface area contributed by atoms with Crippen LogP contribution in [0.2, 0.25) is 0 Å². The molecule has 3 heteroatoms. The predicted molar refractivity (Wildman–Crippen MR) is 99.7 cm³/mol. The van der Waals surface area contributed by atoms with E-state index in [0.29, 0.717) is 6.29 Å². The Hall–Kier alpha value is -2.81. The molecule has 3 aromatic carbocycles. The van der Waals surface area contributed by atoms with Crippen molar-refractivity contribution in [2.24, 2.45) is 0 Å². The van der Waals surface area contributed by atoms with Gasteiger partial charge in [0.1, 0.15) is 11.6 Å². The molecule has 3 aromatic rings. The first-order valence-electron chi connectivity index (χ1n) is 8.61. The Morgan fingerprint density at radius 3 is 1.46 bits per heavy atom. The van der Waals surface area contributed by atoms with Gasteiger partial charge in [-0.3, -0.25) is 4.79 Å². The highest BCUT2D eigenvalue weighted by Gasteiger charge is 2.26. The Morgan fingerprint density at radius 2 is 1.12 bits per heavy atom. The molecule has 2 unspecified atom stereocenters. The maximum atomic E-state index is 14.7. The first-order valence-corrected chi connectivity index (χ1v) is 8.61. The summed E-state index contributed by atoms with van der Waals surface area (Å²) in [5.41, 5.74) is 2.34. The topological polar surface area (TPSA) is 17.1 Å². The number of carbonyl (C=O) groups excluding carboxylic acids is 1. The normalized spacial score (nSPS) is 13.2. The molecule has 132 valence electrons. The van der Waals surface area contributed by atoms with Crippen LogP contribution in [0.1, 0.15) is 58.3 Å². The molecule has 0 fully saturated rings. The Kier molecular flexibility index (Phi) is 5.27. The summed E-state index contributed by atoms with van der Waals surface area (Å²) in [6, 6.07) is 19.6. The van der Waals surface area contributed by atoms with Crippen molar-refractivity contribution in [2.75, 3.05) is 0 Å². The number of carbonyl (C=O) groups is 1. The van der Waals surface area contributed by atoms with Gasteiger partial charge in [0.05, 0.1) is 0 Å². The summed E-state index contributed by atoms with van der Waals surface area (Å²) in [6.07, 6.45) is 0.579. The van der Waals surface area contributed by atoms with Crippen LogP contribution in [0.5, 0.6) is 0 Å². The molecule has 3 rings (SSSR count). The second-order valence-corrected chi connectivity index (χ2v) is 6.46. The van der Waals surface area contributed by atoms with E-state index < -0.39 is 11.6 Å². The van der Waals surface area contributed by atoms with Gasteiger partial charge in [0.2, 0.25) is 0 Å². The molecule has 0 radical (unpaired) electrons. The quantitative estimate of drug-likeness (QED) is 0.510. The Balaban J connectivity index is 2.19. The van der Waals surface area contributed by atoms with Crippen molar-refractivity contribution >= 4 is 6.29 Å². The predicted octanol–water partition coefficient (Wildman–Crippen LogP) is 6.08. The van der Waals surface area contributed by atoms with Crippen LogP contribution in [0.25, 0.3) is 0 Å². The highest BCUT2D eigenvalue weighted by molar-refractivity contribution is 5.81. The summed E-state index contributed by atoms with van der Waals surface area (Å²) in [7, 11) is 0. The van der Waals surface area contributed by atoms with E-state index in [0.717, 1.165) is 17.2 Å². The molecular formula is C23H20F2O. The third-order valence-corrected chi connectivity index (χ3v) is 4.93. The summed E-state index contributed by atoms with van der Waals surface area (Å²) in [5, 5.41) is 0. The van der Waals surface area contributed by atoms with Gasteiger partial charge >= 0.3 is 0 Å². The third kappa shape index (κ3) is 3.30. The molecule has 0 N–H and O–H groups in total. The lowest BCUT2D eigenvalue weighted by atomic mass is 9.82. The highest BCUT2D eigenvalue weighted by Crippen LogP contribution is 2.36. The standard InChI is InChI=1S/C23H20F2O/c1-15(17-9-5-3-6-10-17)22-19(14-26)23(21(25)13-20(22)24)16(2)18-11-7-4-8-12-18/h3-16H,1-2H3. The minimum Gasteiger partial charge on any atom is -0.298 e. The second kappa shape index (κ2) is 7.61. The first-order chi connectivity index (χ1) is 12.5. The first kappa shape index (κ1) is 18.0. The SMILES string of the molecule is CC(c1ccccc1)c1c(F)cc(F)c(C(C)c2ccccc2)c1C=O. The van der Waals surface area contributed by atoms with Gasteiger partial charge in [-0.25, -0.2) is 8.78 Å². The molecule has 0 bridgehead atoms. The van der Waals surface area contributed by atoms with Gasteiger partial charge in [-0.15, -0.1) is 0 Å². The van der Waals surface area contributed by atoms with Crippen molar-refractivity contribution < 1.29 is 13.6 Å². The Labute approximate surface area is 152 Å². The third-order valence-electron chi connectivity index (χ3n) is 4.93. The molecule has 0 heterocycles. The van der Waals surface area contributed by atoms with Crippen LogP contribution < -0.4 is 0 Å². The van der Waals surface area contributed by atoms with Crippen LogP contribution in [-0.4, -0.2) is 6.29 Å².